The van der Waals surface area contributed by atoms with Gasteiger partial charge >= 0.3 is 12.2 Å². The van der Waals surface area contributed by atoms with Gasteiger partial charge in [0.2, 0.25) is 11.5 Å². The molecule has 92 valence electrons. The molecule has 0 aromatic heterocycles. The molecular formula is C10H10O7. The molecule has 0 bridgehead atoms. The van der Waals surface area contributed by atoms with E-state index in [4.69, 9.17) is 14.2 Å². The van der Waals surface area contributed by atoms with Crippen molar-refractivity contribution in [3.05, 3.63) is 47.4 Å². The zero-order chi connectivity index (χ0) is 12.4. The molecule has 0 saturated carbocycles. The van der Waals surface area contributed by atoms with Crippen molar-refractivity contribution in [3.63, 3.8) is 0 Å². The van der Waals surface area contributed by atoms with Gasteiger partial charge in [0.25, 0.3) is 0 Å². The summed E-state index contributed by atoms with van der Waals surface area (Å²) in [6, 6.07) is 0. The van der Waals surface area contributed by atoms with Crippen LogP contribution in [0.5, 0.6) is 0 Å². The summed E-state index contributed by atoms with van der Waals surface area (Å²) in [4.78, 5) is 0. The lowest BCUT2D eigenvalue weighted by Gasteiger charge is -2.23. The minimum atomic E-state index is -1.34. The molecule has 0 aromatic rings. The maximum atomic E-state index is 9.41. The summed E-state index contributed by atoms with van der Waals surface area (Å²) in [5.41, 5.74) is 0. The molecule has 7 heteroatoms. The maximum Gasteiger partial charge on any atom is 0.331 e. The molecule has 1 unspecified atom stereocenters. The fraction of sp³-hybridized carbons (Fsp3) is 0.200. The second-order valence-electron chi connectivity index (χ2n) is 3.20. The van der Waals surface area contributed by atoms with Gasteiger partial charge in [-0.3, -0.25) is 0 Å². The second kappa shape index (κ2) is 4.20. The van der Waals surface area contributed by atoms with E-state index in [-0.39, 0.29) is 6.61 Å². The van der Waals surface area contributed by atoms with Gasteiger partial charge in [-0.15, -0.1) is 0 Å². The van der Waals surface area contributed by atoms with E-state index in [0.29, 0.717) is 0 Å². The van der Waals surface area contributed by atoms with Crippen LogP contribution in [0, 0.1) is 0 Å². The monoisotopic (exact) mass is 242 g/mol. The average Bonchev–Trinajstić information content (AvgIpc) is 2.31. The molecule has 2 aliphatic heterocycles. The number of allylic oxidation sites excluding steroid dienone is 1. The summed E-state index contributed by atoms with van der Waals surface area (Å²) in [5, 5.41) is 37.2. The van der Waals surface area contributed by atoms with Crippen LogP contribution in [0.3, 0.4) is 0 Å². The molecule has 2 aliphatic rings. The van der Waals surface area contributed by atoms with Crippen LogP contribution in [0.1, 0.15) is 0 Å². The third kappa shape index (κ3) is 2.07. The van der Waals surface area contributed by atoms with E-state index in [2.05, 4.69) is 0 Å². The first-order chi connectivity index (χ1) is 8.09. The summed E-state index contributed by atoms with van der Waals surface area (Å²) in [6.07, 6.45) is 2.12. The third-order valence-electron chi connectivity index (χ3n) is 2.05. The van der Waals surface area contributed by atoms with E-state index in [1.807, 2.05) is 0 Å². The summed E-state index contributed by atoms with van der Waals surface area (Å²) < 4.78 is 14.7. The number of aliphatic hydroxyl groups excluding tert-OH is 4. The van der Waals surface area contributed by atoms with Crippen LogP contribution in [-0.2, 0) is 14.2 Å². The lowest BCUT2D eigenvalue weighted by atomic mass is 10.3. The Morgan fingerprint density at radius 2 is 2.00 bits per heavy atom. The first kappa shape index (κ1) is 11.1. The lowest BCUT2D eigenvalue weighted by Crippen LogP contribution is -2.23. The first-order valence-electron chi connectivity index (χ1n) is 4.66. The lowest BCUT2D eigenvalue weighted by molar-refractivity contribution is -0.124. The smallest absolute Gasteiger partial charge is 0.331 e. The number of ether oxygens (including phenoxy) is 3. The van der Waals surface area contributed by atoms with Crippen molar-refractivity contribution in [2.45, 2.75) is 6.29 Å². The van der Waals surface area contributed by atoms with Gasteiger partial charge in [0, 0.05) is 6.08 Å². The summed E-state index contributed by atoms with van der Waals surface area (Å²) >= 11 is 0. The molecule has 4 N–H and O–H groups in total. The minimum Gasteiger partial charge on any atom is -0.504 e. The van der Waals surface area contributed by atoms with Crippen LogP contribution >= 0.6 is 0 Å². The quantitative estimate of drug-likeness (QED) is 0.579. The Hall–Kier alpha value is -2.44. The molecular weight excluding hydrogens is 232 g/mol. The van der Waals surface area contributed by atoms with Crippen molar-refractivity contribution in [2.24, 2.45) is 0 Å². The van der Waals surface area contributed by atoms with Gasteiger partial charge in [0.1, 0.15) is 6.61 Å². The molecule has 7 nitrogen and oxygen atoms in total. The average molecular weight is 242 g/mol. The van der Waals surface area contributed by atoms with Crippen molar-refractivity contribution in [1.29, 1.82) is 0 Å². The molecule has 0 saturated heterocycles. The van der Waals surface area contributed by atoms with Gasteiger partial charge in [-0.25, -0.2) is 0 Å². The first-order valence-corrected chi connectivity index (χ1v) is 4.66. The Morgan fingerprint density at radius 3 is 2.76 bits per heavy atom. The van der Waals surface area contributed by atoms with Crippen LogP contribution in [0.15, 0.2) is 47.4 Å². The SMILES string of the molecule is OC1=CCOC(OC2OC=CC(O)=C2O)=C1O. The largest absolute Gasteiger partial charge is 0.504 e. The predicted octanol–water partition coefficient (Wildman–Crippen LogP) is 1.40. The molecule has 2 rings (SSSR count). The van der Waals surface area contributed by atoms with Gasteiger partial charge in [0.15, 0.2) is 11.5 Å². The Bertz CT molecular complexity index is 444. The number of rotatable bonds is 2. The van der Waals surface area contributed by atoms with E-state index >= 15 is 0 Å². The highest BCUT2D eigenvalue weighted by Crippen LogP contribution is 2.23. The van der Waals surface area contributed by atoms with Gasteiger partial charge in [0.05, 0.1) is 6.26 Å². The Morgan fingerprint density at radius 1 is 1.24 bits per heavy atom. The minimum absolute atomic E-state index is 0.00421. The van der Waals surface area contributed by atoms with E-state index in [1.54, 1.807) is 0 Å². The van der Waals surface area contributed by atoms with Crippen LogP contribution < -0.4 is 0 Å². The van der Waals surface area contributed by atoms with Gasteiger partial charge in [-0.05, 0) is 6.08 Å². The summed E-state index contributed by atoms with van der Waals surface area (Å²) in [6.45, 7) is 0.00421. The van der Waals surface area contributed by atoms with Crippen LogP contribution in [0.2, 0.25) is 0 Å². The zero-order valence-electron chi connectivity index (χ0n) is 8.53. The van der Waals surface area contributed by atoms with E-state index in [1.165, 1.54) is 6.08 Å². The molecule has 0 aromatic carbocycles. The van der Waals surface area contributed by atoms with Crippen molar-refractivity contribution in [1.82, 2.24) is 0 Å². The Balaban J connectivity index is 2.15. The number of hydrogen-bond acceptors (Lipinski definition) is 7. The van der Waals surface area contributed by atoms with Gasteiger partial charge in [-0.1, -0.05) is 0 Å². The zero-order valence-corrected chi connectivity index (χ0v) is 8.53. The number of aliphatic hydroxyl groups is 4. The second-order valence-corrected chi connectivity index (χ2v) is 3.20. The van der Waals surface area contributed by atoms with E-state index in [0.717, 1.165) is 12.3 Å². The fourth-order valence-corrected chi connectivity index (χ4v) is 1.18. The summed E-state index contributed by atoms with van der Waals surface area (Å²) in [7, 11) is 0. The molecule has 0 aliphatic carbocycles. The van der Waals surface area contributed by atoms with Crippen molar-refractivity contribution in [3.8, 4) is 0 Å². The topological polar surface area (TPSA) is 109 Å². The van der Waals surface area contributed by atoms with Crippen LogP contribution in [-0.4, -0.2) is 33.3 Å². The Labute approximate surface area is 95.8 Å². The van der Waals surface area contributed by atoms with Crippen LogP contribution in [0.25, 0.3) is 0 Å². The fourth-order valence-electron chi connectivity index (χ4n) is 1.18. The summed E-state index contributed by atoms with van der Waals surface area (Å²) in [5.74, 6) is -2.39. The molecule has 0 amide bonds. The van der Waals surface area contributed by atoms with Gasteiger partial charge in [-0.2, -0.15) is 0 Å². The highest BCUT2D eigenvalue weighted by molar-refractivity contribution is 5.23. The standard InChI is InChI=1S/C10H10O7/c11-5-1-3-15-9(7(5)13)17-10-8(14)6(12)2-4-16-10/h1-3,9,11-14H,4H2. The normalized spacial score (nSPS) is 24.0. The van der Waals surface area contributed by atoms with Gasteiger partial charge < -0.3 is 34.6 Å². The molecule has 0 spiro atoms. The maximum absolute atomic E-state index is 9.41. The Kier molecular flexibility index (Phi) is 2.73. The molecule has 0 fully saturated rings. The predicted molar refractivity (Wildman–Crippen MR) is 53.7 cm³/mol. The highest BCUT2D eigenvalue weighted by atomic mass is 16.8. The van der Waals surface area contributed by atoms with Crippen molar-refractivity contribution >= 4 is 0 Å². The molecule has 17 heavy (non-hydrogen) atoms. The third-order valence-corrected chi connectivity index (χ3v) is 2.05. The molecule has 2 heterocycles. The van der Waals surface area contributed by atoms with Crippen molar-refractivity contribution in [2.75, 3.05) is 6.61 Å². The van der Waals surface area contributed by atoms with E-state index < -0.39 is 35.3 Å². The van der Waals surface area contributed by atoms with Crippen molar-refractivity contribution < 1.29 is 34.6 Å². The number of hydrogen-bond donors (Lipinski definition) is 4. The molecule has 0 radical (unpaired) electrons. The highest BCUT2D eigenvalue weighted by Gasteiger charge is 2.28. The van der Waals surface area contributed by atoms with E-state index in [9.17, 15) is 20.4 Å². The van der Waals surface area contributed by atoms with Crippen LogP contribution in [0.4, 0.5) is 0 Å². The molecule has 1 atom stereocenters.